The van der Waals surface area contributed by atoms with Gasteiger partial charge >= 0.3 is 0 Å². The fourth-order valence-corrected chi connectivity index (χ4v) is 5.75. The molecule has 4 aromatic carbocycles. The number of rotatable bonds is 9. The maximum absolute atomic E-state index is 13.6. The third-order valence-electron chi connectivity index (χ3n) is 5.81. The number of nitrogens with one attached hydrogen (secondary N) is 1. The van der Waals surface area contributed by atoms with Crippen molar-refractivity contribution in [2.24, 2.45) is 5.10 Å². The number of methoxy groups -OCH3 is 1. The highest BCUT2D eigenvalue weighted by Gasteiger charge is 2.25. The number of carbonyl (C=O) groups is 1. The molecule has 0 radical (unpaired) electrons. The van der Waals surface area contributed by atoms with Gasteiger partial charge in [-0.15, -0.1) is 0 Å². The minimum Gasteiger partial charge on any atom is -0.496 e. The van der Waals surface area contributed by atoms with Gasteiger partial charge in [0.2, 0.25) is 0 Å². The summed E-state index contributed by atoms with van der Waals surface area (Å²) in [5, 5.41) is 4.45. The molecular weight excluding hydrogens is 602 g/mol. The molecule has 0 saturated carbocycles. The summed E-state index contributed by atoms with van der Waals surface area (Å²) < 4.78 is 34.7. The van der Waals surface area contributed by atoms with Crippen LogP contribution < -0.4 is 14.5 Å². The first-order chi connectivity index (χ1) is 18.7. The largest absolute Gasteiger partial charge is 0.496 e. The number of nitrogens with zero attached hydrogens (tertiary/aromatic N) is 2. The van der Waals surface area contributed by atoms with Crippen LogP contribution in [0.2, 0.25) is 5.02 Å². The quantitative estimate of drug-likeness (QED) is 0.168. The standard InChI is InChI=1S/C29H25BrClN3O4S/c1-20-6-13-27(14-7-20)39(36,37)34(26-5-3-4-25(31)17-26)19-21-8-10-22(11-9-21)29(35)33-32-18-23-16-24(30)12-15-28(23)38-2/h3-18H,19H2,1-2H3,(H,33,35)/b32-18-. The maximum atomic E-state index is 13.6. The van der Waals surface area contributed by atoms with E-state index in [1.54, 1.807) is 86.0 Å². The third-order valence-corrected chi connectivity index (χ3v) is 8.33. The Kier molecular flexibility index (Phi) is 9.06. The molecule has 0 atom stereocenters. The second-order valence-electron chi connectivity index (χ2n) is 8.59. The lowest BCUT2D eigenvalue weighted by Crippen LogP contribution is -2.30. The van der Waals surface area contributed by atoms with Crippen molar-refractivity contribution in [1.29, 1.82) is 0 Å². The van der Waals surface area contributed by atoms with Gasteiger partial charge in [0.25, 0.3) is 15.9 Å². The number of hydrazone groups is 1. The van der Waals surface area contributed by atoms with Crippen LogP contribution in [-0.2, 0) is 16.6 Å². The zero-order chi connectivity index (χ0) is 28.0. The van der Waals surface area contributed by atoms with Crippen molar-refractivity contribution < 1.29 is 17.9 Å². The number of amides is 1. The van der Waals surface area contributed by atoms with E-state index in [4.69, 9.17) is 16.3 Å². The first kappa shape index (κ1) is 28.4. The molecule has 7 nitrogen and oxygen atoms in total. The van der Waals surface area contributed by atoms with Gasteiger partial charge in [-0.1, -0.05) is 63.4 Å². The number of halogens is 2. The number of hydrogen-bond acceptors (Lipinski definition) is 5. The molecule has 0 aliphatic rings. The van der Waals surface area contributed by atoms with Gasteiger partial charge in [-0.2, -0.15) is 5.10 Å². The second kappa shape index (κ2) is 12.5. The maximum Gasteiger partial charge on any atom is 0.271 e. The molecule has 1 amide bonds. The molecular formula is C29H25BrClN3O4S. The van der Waals surface area contributed by atoms with E-state index in [0.29, 0.717) is 33.1 Å². The Labute approximate surface area is 241 Å². The molecule has 200 valence electrons. The van der Waals surface area contributed by atoms with E-state index in [2.05, 4.69) is 26.5 Å². The number of sulfonamides is 1. The molecule has 0 spiro atoms. The highest BCUT2D eigenvalue weighted by atomic mass is 79.9. The zero-order valence-corrected chi connectivity index (χ0v) is 24.3. The van der Waals surface area contributed by atoms with E-state index in [0.717, 1.165) is 10.0 Å². The van der Waals surface area contributed by atoms with Crippen LogP contribution in [0.1, 0.15) is 27.0 Å². The number of hydrogen-bond donors (Lipinski definition) is 1. The van der Waals surface area contributed by atoms with Crippen LogP contribution in [0.3, 0.4) is 0 Å². The fraction of sp³-hybridized carbons (Fsp3) is 0.103. The van der Waals surface area contributed by atoms with E-state index in [1.165, 1.54) is 10.5 Å². The number of benzene rings is 4. The number of ether oxygens (including phenoxy) is 1. The van der Waals surface area contributed by atoms with Crippen molar-refractivity contribution in [2.75, 3.05) is 11.4 Å². The van der Waals surface area contributed by atoms with Gasteiger partial charge in [0.1, 0.15) is 5.75 Å². The minimum atomic E-state index is -3.90. The predicted octanol–water partition coefficient (Wildman–Crippen LogP) is 6.58. The van der Waals surface area contributed by atoms with Crippen molar-refractivity contribution in [3.05, 3.63) is 123 Å². The first-order valence-corrected chi connectivity index (χ1v) is 14.4. The molecule has 0 fully saturated rings. The SMILES string of the molecule is COc1ccc(Br)cc1/C=N\NC(=O)c1ccc(CN(c2cccc(Cl)c2)S(=O)(=O)c2ccc(C)cc2)cc1. The molecule has 0 heterocycles. The predicted molar refractivity (Wildman–Crippen MR) is 158 cm³/mol. The van der Waals surface area contributed by atoms with Gasteiger partial charge in [-0.25, -0.2) is 13.8 Å². The Morgan fingerprint density at radius 1 is 1.03 bits per heavy atom. The van der Waals surface area contributed by atoms with Crippen LogP contribution in [0, 0.1) is 6.92 Å². The van der Waals surface area contributed by atoms with Crippen molar-refractivity contribution in [3.8, 4) is 5.75 Å². The second-order valence-corrected chi connectivity index (χ2v) is 11.8. The van der Waals surface area contributed by atoms with Gasteiger partial charge in [0, 0.05) is 20.6 Å². The highest BCUT2D eigenvalue weighted by Crippen LogP contribution is 2.28. The molecule has 0 bridgehead atoms. The van der Waals surface area contributed by atoms with Crippen LogP contribution in [0.15, 0.2) is 105 Å². The fourth-order valence-electron chi connectivity index (χ4n) is 3.74. The molecule has 4 aromatic rings. The Bertz CT molecular complexity index is 1610. The van der Waals surface area contributed by atoms with E-state index in [1.807, 2.05) is 19.1 Å². The summed E-state index contributed by atoms with van der Waals surface area (Å²) in [6.45, 7) is 1.94. The molecule has 0 unspecified atom stereocenters. The molecule has 0 aliphatic carbocycles. The van der Waals surface area contributed by atoms with Crippen LogP contribution in [0.5, 0.6) is 5.75 Å². The summed E-state index contributed by atoms with van der Waals surface area (Å²) in [5.74, 6) is 0.205. The van der Waals surface area contributed by atoms with E-state index >= 15 is 0 Å². The van der Waals surface area contributed by atoms with E-state index in [-0.39, 0.29) is 11.4 Å². The Hall–Kier alpha value is -3.66. The van der Waals surface area contributed by atoms with Crippen LogP contribution in [-0.4, -0.2) is 27.6 Å². The van der Waals surface area contributed by atoms with E-state index in [9.17, 15) is 13.2 Å². The van der Waals surface area contributed by atoms with Crippen molar-refractivity contribution >= 4 is 55.4 Å². The molecule has 0 saturated heterocycles. The van der Waals surface area contributed by atoms with Gasteiger partial charge in [-0.05, 0) is 73.2 Å². The minimum absolute atomic E-state index is 0.0410. The first-order valence-electron chi connectivity index (χ1n) is 11.8. The van der Waals surface area contributed by atoms with Crippen LogP contribution in [0.25, 0.3) is 0 Å². The average Bonchev–Trinajstić information content (AvgIpc) is 2.92. The molecule has 39 heavy (non-hydrogen) atoms. The number of anilines is 1. The Balaban J connectivity index is 1.53. The van der Waals surface area contributed by atoms with Crippen LogP contribution in [0.4, 0.5) is 5.69 Å². The third kappa shape index (κ3) is 7.06. The normalized spacial score (nSPS) is 11.4. The number of aryl methyl sites for hydroxylation is 1. The van der Waals surface area contributed by atoms with E-state index < -0.39 is 15.9 Å². The summed E-state index contributed by atoms with van der Waals surface area (Å²) in [4.78, 5) is 12.8. The van der Waals surface area contributed by atoms with Gasteiger partial charge in [0.05, 0.1) is 30.5 Å². The van der Waals surface area contributed by atoms with Gasteiger partial charge in [-0.3, -0.25) is 9.10 Å². The lowest BCUT2D eigenvalue weighted by Gasteiger charge is -2.25. The Morgan fingerprint density at radius 3 is 2.41 bits per heavy atom. The summed E-state index contributed by atoms with van der Waals surface area (Å²) in [7, 11) is -2.34. The number of carbonyl (C=O) groups excluding carboxylic acids is 1. The van der Waals surface area contributed by atoms with Gasteiger partial charge in [0.15, 0.2) is 0 Å². The summed E-state index contributed by atoms with van der Waals surface area (Å²) >= 11 is 9.58. The lowest BCUT2D eigenvalue weighted by atomic mass is 10.1. The smallest absolute Gasteiger partial charge is 0.271 e. The highest BCUT2D eigenvalue weighted by molar-refractivity contribution is 9.10. The molecule has 10 heteroatoms. The summed E-state index contributed by atoms with van der Waals surface area (Å²) in [6, 6.07) is 25.5. The van der Waals surface area contributed by atoms with Crippen molar-refractivity contribution in [3.63, 3.8) is 0 Å². The van der Waals surface area contributed by atoms with Crippen molar-refractivity contribution in [2.45, 2.75) is 18.4 Å². The van der Waals surface area contributed by atoms with Crippen molar-refractivity contribution in [1.82, 2.24) is 5.43 Å². The molecule has 1 N–H and O–H groups in total. The lowest BCUT2D eigenvalue weighted by molar-refractivity contribution is 0.0955. The van der Waals surface area contributed by atoms with Gasteiger partial charge < -0.3 is 4.74 Å². The molecule has 0 aliphatic heterocycles. The topological polar surface area (TPSA) is 88.1 Å². The monoisotopic (exact) mass is 625 g/mol. The average molecular weight is 627 g/mol. The Morgan fingerprint density at radius 2 is 1.74 bits per heavy atom. The van der Waals surface area contributed by atoms with Crippen LogP contribution >= 0.6 is 27.5 Å². The zero-order valence-electron chi connectivity index (χ0n) is 21.1. The molecule has 4 rings (SSSR count). The molecule has 0 aromatic heterocycles. The summed E-state index contributed by atoms with van der Waals surface area (Å²) in [5.41, 5.74) is 5.63. The summed E-state index contributed by atoms with van der Waals surface area (Å²) in [6.07, 6.45) is 1.49.